The van der Waals surface area contributed by atoms with Crippen molar-refractivity contribution in [2.24, 2.45) is 5.41 Å². The lowest BCUT2D eigenvalue weighted by Crippen LogP contribution is -2.42. The largest absolute Gasteiger partial charge is 0.434 e. The van der Waals surface area contributed by atoms with Gasteiger partial charge in [0.25, 0.3) is 5.91 Å². The van der Waals surface area contributed by atoms with Gasteiger partial charge in [-0.2, -0.15) is 8.78 Å². The van der Waals surface area contributed by atoms with Crippen LogP contribution in [0.1, 0.15) is 72.7 Å². The Morgan fingerprint density at radius 2 is 1.87 bits per heavy atom. The van der Waals surface area contributed by atoms with Gasteiger partial charge in [0.15, 0.2) is 0 Å². The molecule has 4 aromatic rings. The minimum Gasteiger partial charge on any atom is -0.434 e. The van der Waals surface area contributed by atoms with Gasteiger partial charge in [-0.05, 0) is 86.3 Å². The molecule has 0 unspecified atom stereocenters. The van der Waals surface area contributed by atoms with E-state index >= 15 is 0 Å². The first-order valence-corrected chi connectivity index (χ1v) is 17.5. The highest BCUT2D eigenvalue weighted by Gasteiger charge is 2.44. The van der Waals surface area contributed by atoms with Crippen LogP contribution in [0, 0.1) is 5.41 Å². The lowest BCUT2D eigenvalue weighted by Gasteiger charge is -2.47. The fourth-order valence-corrected chi connectivity index (χ4v) is 8.20. The summed E-state index contributed by atoms with van der Waals surface area (Å²) in [6, 6.07) is 9.84. The van der Waals surface area contributed by atoms with Gasteiger partial charge in [-0.25, -0.2) is 18.1 Å². The number of ether oxygens (including phenoxy) is 1. The summed E-state index contributed by atoms with van der Waals surface area (Å²) in [6.45, 7) is -1.67. The number of hydrogen-bond acceptors (Lipinski definition) is 9. The first-order valence-electron chi connectivity index (χ1n) is 15.6. The quantitative estimate of drug-likeness (QED) is 0.205. The van der Waals surface area contributed by atoms with Crippen LogP contribution >= 0.6 is 11.6 Å². The Hall–Kier alpha value is -4.10. The maximum atomic E-state index is 13.4. The fourth-order valence-electron chi connectivity index (χ4n) is 6.70. The second kappa shape index (κ2) is 11.3. The van der Waals surface area contributed by atoms with E-state index in [0.29, 0.717) is 40.6 Å². The van der Waals surface area contributed by atoms with Crippen LogP contribution in [0.2, 0.25) is 5.02 Å². The van der Waals surface area contributed by atoms with Gasteiger partial charge < -0.3 is 14.2 Å². The number of piperidine rings is 1. The molecule has 1 saturated heterocycles. The highest BCUT2D eigenvalue weighted by Crippen LogP contribution is 2.56. The Bertz CT molecular complexity index is 2050. The number of nitrogens with one attached hydrogen (secondary N) is 1. The number of amides is 1. The third-order valence-corrected chi connectivity index (χ3v) is 11.6. The van der Waals surface area contributed by atoms with Crippen molar-refractivity contribution < 1.29 is 31.3 Å². The number of hydrogen-bond donors (Lipinski definition) is 1. The van der Waals surface area contributed by atoms with Crippen molar-refractivity contribution in [3.63, 3.8) is 0 Å². The number of carbonyl (C=O) groups is 1. The summed E-state index contributed by atoms with van der Waals surface area (Å²) in [5.41, 5.74) is 4.30. The smallest absolute Gasteiger partial charge is 0.387 e. The predicted octanol–water partition coefficient (Wildman–Crippen LogP) is 6.71. The van der Waals surface area contributed by atoms with Crippen LogP contribution < -0.4 is 14.4 Å². The molecule has 1 N–H and O–H groups in total. The number of carbonyl (C=O) groups excluding carboxylic acids is 1. The molecular formula is C33H30ClF2N5O5S. The molecule has 8 rings (SSSR count). The van der Waals surface area contributed by atoms with Crippen LogP contribution in [0.5, 0.6) is 5.75 Å². The van der Waals surface area contributed by atoms with Gasteiger partial charge in [-0.1, -0.05) is 22.8 Å². The zero-order valence-electron chi connectivity index (χ0n) is 25.1. The summed E-state index contributed by atoms with van der Waals surface area (Å²) in [5, 5.41) is 4.61. The number of aromatic nitrogens is 3. The van der Waals surface area contributed by atoms with Crippen LogP contribution in [-0.2, 0) is 10.0 Å². The summed E-state index contributed by atoms with van der Waals surface area (Å²) >= 11 is 6.49. The van der Waals surface area contributed by atoms with Gasteiger partial charge in [-0.15, -0.1) is 0 Å². The van der Waals surface area contributed by atoms with Crippen LogP contribution in [-0.4, -0.2) is 54.4 Å². The van der Waals surface area contributed by atoms with Gasteiger partial charge in [-0.3, -0.25) is 9.78 Å². The molecule has 4 aliphatic rings. The normalized spacial score (nSPS) is 19.1. The number of fused-ring (bicyclic) bond motifs is 1. The van der Waals surface area contributed by atoms with E-state index in [1.54, 1.807) is 30.5 Å². The first-order chi connectivity index (χ1) is 22.6. The second-order valence-electron chi connectivity index (χ2n) is 12.8. The second-order valence-corrected chi connectivity index (χ2v) is 15.2. The van der Waals surface area contributed by atoms with Gasteiger partial charge >= 0.3 is 6.61 Å². The molecule has 2 saturated carbocycles. The molecule has 47 heavy (non-hydrogen) atoms. The van der Waals surface area contributed by atoms with Crippen LogP contribution in [0.25, 0.3) is 27.9 Å². The fraction of sp³-hybridized carbons (Fsp3) is 0.394. The van der Waals surface area contributed by atoms with Crippen molar-refractivity contribution in [2.45, 2.75) is 62.7 Å². The summed E-state index contributed by atoms with van der Waals surface area (Å²) in [6.07, 6.45) is 9.81. The summed E-state index contributed by atoms with van der Waals surface area (Å²) in [7, 11) is -3.84. The Balaban J connectivity index is 1.02. The van der Waals surface area contributed by atoms with E-state index < -0.39 is 27.8 Å². The van der Waals surface area contributed by atoms with E-state index in [-0.39, 0.29) is 22.4 Å². The van der Waals surface area contributed by atoms with Crippen molar-refractivity contribution in [3.8, 4) is 17.1 Å². The molecule has 1 spiro atoms. The molecule has 1 amide bonds. The third kappa shape index (κ3) is 5.73. The molecule has 3 aromatic heterocycles. The zero-order valence-corrected chi connectivity index (χ0v) is 26.7. The minimum atomic E-state index is -3.84. The third-order valence-electron chi connectivity index (χ3n) is 9.52. The molecular weight excluding hydrogens is 652 g/mol. The van der Waals surface area contributed by atoms with Gasteiger partial charge in [0.1, 0.15) is 28.6 Å². The topological polar surface area (TPSA) is 128 Å². The number of anilines is 1. The van der Waals surface area contributed by atoms with Gasteiger partial charge in [0.05, 0.1) is 21.4 Å². The Labute approximate surface area is 274 Å². The average Bonchev–Trinajstić information content (AvgIpc) is 3.97. The monoisotopic (exact) mass is 681 g/mol. The Morgan fingerprint density at radius 1 is 1.11 bits per heavy atom. The molecule has 0 atom stereocenters. The molecule has 244 valence electrons. The van der Waals surface area contributed by atoms with Crippen LogP contribution in [0.3, 0.4) is 0 Å². The molecule has 0 radical (unpaired) electrons. The molecule has 10 nitrogen and oxygen atoms in total. The number of alkyl halides is 2. The maximum absolute atomic E-state index is 13.4. The van der Waals surface area contributed by atoms with E-state index in [1.807, 2.05) is 10.8 Å². The van der Waals surface area contributed by atoms with Crippen molar-refractivity contribution in [1.82, 2.24) is 19.8 Å². The van der Waals surface area contributed by atoms with Crippen molar-refractivity contribution in [3.05, 3.63) is 70.7 Å². The van der Waals surface area contributed by atoms with Gasteiger partial charge in [0.2, 0.25) is 10.0 Å². The Morgan fingerprint density at radius 3 is 2.55 bits per heavy atom. The number of rotatable bonds is 9. The SMILES string of the molecule is O=C(NS(=O)(=O)C1CC1)c1cc(OC(F)F)c2cc(N3CCC4(C=C(c5c(-c6ncccc6Cl)noc5C5CC5)C4)CC3)ccc2n1. The highest BCUT2D eigenvalue weighted by atomic mass is 35.5. The van der Waals surface area contributed by atoms with Crippen molar-refractivity contribution >= 4 is 49.7 Å². The number of sulfonamides is 1. The van der Waals surface area contributed by atoms with E-state index in [9.17, 15) is 22.0 Å². The molecule has 1 aliphatic heterocycles. The van der Waals surface area contributed by atoms with Crippen molar-refractivity contribution in [1.29, 1.82) is 0 Å². The van der Waals surface area contributed by atoms with E-state index in [4.69, 9.17) is 20.9 Å². The van der Waals surface area contributed by atoms with Gasteiger partial charge in [0, 0.05) is 42.3 Å². The van der Waals surface area contributed by atoms with Crippen LogP contribution in [0.15, 0.2) is 53.2 Å². The molecule has 1 aromatic carbocycles. The number of halogens is 3. The standard InChI is InChI=1S/C33H30ClF2N5O5S/c34-23-2-1-11-37-28(23)29-27(30(46-39-29)18-3-4-18)19-16-33(17-19)9-12-41(13-10-33)20-5-8-24-22(14-20)26(45-32(35)36)15-25(38-24)31(42)40-47(43,44)21-6-7-21/h1-2,5,8,11,14-16,18,21,32H,3-4,6-7,9-10,12-13,17H2,(H,40,42). The highest BCUT2D eigenvalue weighted by molar-refractivity contribution is 7.91. The molecule has 4 heterocycles. The predicted molar refractivity (Wildman–Crippen MR) is 171 cm³/mol. The first kappa shape index (κ1) is 30.2. The lowest BCUT2D eigenvalue weighted by molar-refractivity contribution is -0.0488. The molecule has 3 fully saturated rings. The molecule has 14 heteroatoms. The lowest BCUT2D eigenvalue weighted by atomic mass is 9.63. The number of allylic oxidation sites excluding steroid dienone is 2. The number of benzene rings is 1. The number of nitrogens with zero attached hydrogens (tertiary/aromatic N) is 4. The molecule has 0 bridgehead atoms. The summed E-state index contributed by atoms with van der Waals surface area (Å²) in [5.74, 6) is 0.0550. The van der Waals surface area contributed by atoms with E-state index in [1.165, 1.54) is 5.57 Å². The Kier molecular flexibility index (Phi) is 7.25. The zero-order chi connectivity index (χ0) is 32.5. The minimum absolute atomic E-state index is 0.0283. The summed E-state index contributed by atoms with van der Waals surface area (Å²) in [4.78, 5) is 23.7. The average molecular weight is 682 g/mol. The summed E-state index contributed by atoms with van der Waals surface area (Å²) < 4.78 is 64.0. The van der Waals surface area contributed by atoms with Crippen LogP contribution in [0.4, 0.5) is 14.5 Å². The molecule has 3 aliphatic carbocycles. The maximum Gasteiger partial charge on any atom is 0.387 e. The van der Waals surface area contributed by atoms with E-state index in [0.717, 1.165) is 68.3 Å². The number of pyridine rings is 2. The van der Waals surface area contributed by atoms with Crippen molar-refractivity contribution in [2.75, 3.05) is 18.0 Å². The van der Waals surface area contributed by atoms with E-state index in [2.05, 4.69) is 26.1 Å².